The normalized spacial score (nSPS) is 23.5. The van der Waals surface area contributed by atoms with Crippen molar-refractivity contribution < 1.29 is 9.32 Å². The molecule has 5 rings (SSSR count). The van der Waals surface area contributed by atoms with Crippen LogP contribution in [-0.4, -0.2) is 44.0 Å². The summed E-state index contributed by atoms with van der Waals surface area (Å²) >= 11 is 0. The number of carbonyl (C=O) groups excluding carboxylic acids is 1. The van der Waals surface area contributed by atoms with Crippen LogP contribution in [0.25, 0.3) is 11.6 Å². The van der Waals surface area contributed by atoms with Gasteiger partial charge in [-0.1, -0.05) is 11.6 Å². The van der Waals surface area contributed by atoms with E-state index in [2.05, 4.69) is 20.1 Å². The fourth-order valence-corrected chi connectivity index (χ4v) is 3.93. The van der Waals surface area contributed by atoms with E-state index in [-0.39, 0.29) is 23.3 Å². The maximum atomic E-state index is 12.2. The summed E-state index contributed by atoms with van der Waals surface area (Å²) in [4.78, 5) is 37.9. The van der Waals surface area contributed by atoms with Crippen molar-refractivity contribution in [3.8, 4) is 11.6 Å². The van der Waals surface area contributed by atoms with Gasteiger partial charge in [0, 0.05) is 37.4 Å². The van der Waals surface area contributed by atoms with Gasteiger partial charge in [0.15, 0.2) is 5.82 Å². The molecular weight excluding hydrogens is 346 g/mol. The van der Waals surface area contributed by atoms with Gasteiger partial charge in [-0.3, -0.25) is 9.59 Å². The zero-order valence-electron chi connectivity index (χ0n) is 15.2. The molecule has 1 N–H and O–H groups in total. The van der Waals surface area contributed by atoms with Gasteiger partial charge in [0.05, 0.1) is 0 Å². The Labute approximate surface area is 156 Å². The van der Waals surface area contributed by atoms with Crippen LogP contribution in [0.3, 0.4) is 0 Å². The first-order valence-electron chi connectivity index (χ1n) is 9.89. The average molecular weight is 369 g/mol. The maximum Gasteiger partial charge on any atom is 0.276 e. The molecule has 2 aromatic rings. The van der Waals surface area contributed by atoms with Crippen molar-refractivity contribution in [3.05, 3.63) is 28.1 Å². The van der Waals surface area contributed by atoms with Crippen molar-refractivity contribution in [2.75, 3.05) is 13.1 Å². The number of aromatic nitrogens is 4. The monoisotopic (exact) mass is 369 g/mol. The number of carbonyl (C=O) groups is 1. The summed E-state index contributed by atoms with van der Waals surface area (Å²) in [6.07, 6.45) is 7.07. The topological polar surface area (TPSA) is 105 Å². The van der Waals surface area contributed by atoms with E-state index in [0.29, 0.717) is 42.1 Å². The first kappa shape index (κ1) is 16.6. The summed E-state index contributed by atoms with van der Waals surface area (Å²) in [5.74, 6) is 2.87. The Hall–Kier alpha value is -2.51. The lowest BCUT2D eigenvalue weighted by Gasteiger charge is -2.36. The van der Waals surface area contributed by atoms with E-state index >= 15 is 0 Å². The molecule has 3 aliphatic rings. The largest absolute Gasteiger partial charge is 0.342 e. The third kappa shape index (κ3) is 3.40. The van der Waals surface area contributed by atoms with Gasteiger partial charge in [0.25, 0.3) is 11.4 Å². The zero-order valence-corrected chi connectivity index (χ0v) is 15.2. The number of hydrogen-bond acceptors (Lipinski definition) is 6. The Bertz CT molecular complexity index is 912. The van der Waals surface area contributed by atoms with E-state index in [1.165, 1.54) is 25.3 Å². The molecule has 2 aliphatic carbocycles. The van der Waals surface area contributed by atoms with Crippen molar-refractivity contribution >= 4 is 5.91 Å². The molecule has 3 fully saturated rings. The van der Waals surface area contributed by atoms with Crippen LogP contribution >= 0.6 is 0 Å². The number of hydrogen-bond donors (Lipinski definition) is 1. The van der Waals surface area contributed by atoms with Gasteiger partial charge in [-0.25, -0.2) is 4.98 Å². The molecule has 1 saturated heterocycles. The Kier molecular flexibility index (Phi) is 4.06. The molecule has 1 unspecified atom stereocenters. The molecule has 1 atom stereocenters. The van der Waals surface area contributed by atoms with Gasteiger partial charge in [0.1, 0.15) is 11.5 Å². The van der Waals surface area contributed by atoms with Gasteiger partial charge >= 0.3 is 0 Å². The van der Waals surface area contributed by atoms with Crippen LogP contribution in [0.5, 0.6) is 0 Å². The summed E-state index contributed by atoms with van der Waals surface area (Å²) in [7, 11) is 0. The van der Waals surface area contributed by atoms with Gasteiger partial charge in [0.2, 0.25) is 5.91 Å². The number of rotatable bonds is 5. The number of H-pyrrole nitrogens is 1. The minimum atomic E-state index is -0.198. The van der Waals surface area contributed by atoms with Crippen LogP contribution in [-0.2, 0) is 4.79 Å². The van der Waals surface area contributed by atoms with Crippen LogP contribution < -0.4 is 5.56 Å². The van der Waals surface area contributed by atoms with E-state index in [1.807, 2.05) is 4.90 Å². The predicted molar refractivity (Wildman–Crippen MR) is 96.0 cm³/mol. The Morgan fingerprint density at radius 2 is 1.96 bits per heavy atom. The molecule has 0 spiro atoms. The van der Waals surface area contributed by atoms with Gasteiger partial charge in [-0.15, -0.1) is 0 Å². The van der Waals surface area contributed by atoms with Crippen LogP contribution in [0.1, 0.15) is 68.4 Å². The lowest BCUT2D eigenvalue weighted by Crippen LogP contribution is -2.43. The highest BCUT2D eigenvalue weighted by Crippen LogP contribution is 2.38. The number of nitrogens with one attached hydrogen (secondary N) is 1. The summed E-state index contributed by atoms with van der Waals surface area (Å²) in [6.45, 7) is 1.49. The Balaban J connectivity index is 1.34. The minimum Gasteiger partial charge on any atom is -0.342 e. The fraction of sp³-hybridized carbons (Fsp3) is 0.632. The second kappa shape index (κ2) is 6.58. The van der Waals surface area contributed by atoms with E-state index in [0.717, 1.165) is 25.8 Å². The SMILES string of the molecule is O=C1CCC(c2noc(-c3cc(=O)[nH]c(C4CC4)n3)n2)CN1CC1CCC1. The molecule has 2 aromatic heterocycles. The average Bonchev–Trinajstić information content (AvgIpc) is 3.36. The van der Waals surface area contributed by atoms with Gasteiger partial charge < -0.3 is 14.4 Å². The summed E-state index contributed by atoms with van der Waals surface area (Å²) in [5, 5.41) is 4.13. The van der Waals surface area contributed by atoms with E-state index < -0.39 is 0 Å². The second-order valence-electron chi connectivity index (χ2n) is 8.08. The number of amides is 1. The molecule has 8 nitrogen and oxygen atoms in total. The van der Waals surface area contributed by atoms with Crippen molar-refractivity contribution in [2.24, 2.45) is 5.92 Å². The summed E-state index contributed by atoms with van der Waals surface area (Å²) < 4.78 is 5.41. The van der Waals surface area contributed by atoms with Crippen molar-refractivity contribution in [1.82, 2.24) is 25.0 Å². The quantitative estimate of drug-likeness (QED) is 0.866. The van der Waals surface area contributed by atoms with Crippen LogP contribution in [0.15, 0.2) is 15.4 Å². The highest BCUT2D eigenvalue weighted by Gasteiger charge is 2.33. The van der Waals surface area contributed by atoms with Crippen molar-refractivity contribution in [2.45, 2.75) is 56.8 Å². The molecule has 1 aliphatic heterocycles. The third-order valence-electron chi connectivity index (χ3n) is 5.95. The van der Waals surface area contributed by atoms with E-state index in [9.17, 15) is 9.59 Å². The molecule has 0 radical (unpaired) electrons. The zero-order chi connectivity index (χ0) is 18.4. The number of piperidine rings is 1. The van der Waals surface area contributed by atoms with E-state index in [1.54, 1.807) is 0 Å². The Morgan fingerprint density at radius 3 is 2.70 bits per heavy atom. The van der Waals surface area contributed by atoms with Gasteiger partial charge in [-0.05, 0) is 38.0 Å². The van der Waals surface area contributed by atoms with Crippen LogP contribution in [0, 0.1) is 5.92 Å². The molecule has 2 saturated carbocycles. The smallest absolute Gasteiger partial charge is 0.276 e. The fourth-order valence-electron chi connectivity index (χ4n) is 3.93. The lowest BCUT2D eigenvalue weighted by molar-refractivity contribution is -0.135. The Morgan fingerprint density at radius 1 is 1.11 bits per heavy atom. The summed E-state index contributed by atoms with van der Waals surface area (Å²) in [5.41, 5.74) is 0.231. The maximum absolute atomic E-state index is 12.2. The molecule has 1 amide bonds. The molecule has 0 aromatic carbocycles. The molecule has 8 heteroatoms. The lowest BCUT2D eigenvalue weighted by atomic mass is 9.84. The first-order chi connectivity index (χ1) is 13.2. The van der Waals surface area contributed by atoms with E-state index in [4.69, 9.17) is 4.52 Å². The minimum absolute atomic E-state index is 0.0742. The number of aromatic amines is 1. The first-order valence-corrected chi connectivity index (χ1v) is 9.89. The third-order valence-corrected chi connectivity index (χ3v) is 5.95. The number of likely N-dealkylation sites (tertiary alicyclic amines) is 1. The van der Waals surface area contributed by atoms with Gasteiger partial charge in [-0.2, -0.15) is 4.98 Å². The summed E-state index contributed by atoms with van der Waals surface area (Å²) in [6, 6.07) is 1.40. The highest BCUT2D eigenvalue weighted by molar-refractivity contribution is 5.77. The molecule has 142 valence electrons. The predicted octanol–water partition coefficient (Wildman–Crippen LogP) is 2.20. The number of nitrogens with zero attached hydrogens (tertiary/aromatic N) is 4. The molecule has 27 heavy (non-hydrogen) atoms. The molecule has 3 heterocycles. The molecular formula is C19H23N5O3. The van der Waals surface area contributed by atoms with Crippen LogP contribution in [0.2, 0.25) is 0 Å². The standard InChI is InChI=1S/C19H23N5O3/c25-15-8-14(20-17(21-15)12-4-5-12)19-22-18(23-27-19)13-6-7-16(26)24(10-13)9-11-2-1-3-11/h8,11-13H,1-7,9-10H2,(H,20,21,25). The van der Waals surface area contributed by atoms with Crippen molar-refractivity contribution in [3.63, 3.8) is 0 Å². The second-order valence-corrected chi connectivity index (χ2v) is 8.08. The van der Waals surface area contributed by atoms with Crippen molar-refractivity contribution in [1.29, 1.82) is 0 Å². The highest BCUT2D eigenvalue weighted by atomic mass is 16.5. The van der Waals surface area contributed by atoms with Crippen LogP contribution in [0.4, 0.5) is 0 Å². The molecule has 0 bridgehead atoms.